The van der Waals surface area contributed by atoms with Crippen molar-refractivity contribution in [3.05, 3.63) is 41.2 Å². The van der Waals surface area contributed by atoms with Crippen molar-refractivity contribution in [1.29, 1.82) is 0 Å². The van der Waals surface area contributed by atoms with E-state index in [1.165, 1.54) is 22.4 Å². The molecule has 0 radical (unpaired) electrons. The van der Waals surface area contributed by atoms with E-state index in [4.69, 9.17) is 5.10 Å². The number of benzene rings is 1. The Kier molecular flexibility index (Phi) is 5.74. The third-order valence-corrected chi connectivity index (χ3v) is 3.50. The summed E-state index contributed by atoms with van der Waals surface area (Å²) < 4.78 is 2.18. The number of aryl methyl sites for hydroxylation is 2. The molecule has 2 aromatic rings. The van der Waals surface area contributed by atoms with Crippen molar-refractivity contribution in [2.75, 3.05) is 0 Å². The second-order valence-corrected chi connectivity index (χ2v) is 5.90. The molecule has 0 spiro atoms. The Hall–Kier alpha value is -0.908. The molecule has 0 amide bonds. The first-order valence-electron chi connectivity index (χ1n) is 7.07. The van der Waals surface area contributed by atoms with Crippen LogP contribution in [0.4, 0.5) is 0 Å². The second-order valence-electron chi connectivity index (χ2n) is 5.90. The molecule has 3 heteroatoms. The molecule has 1 aromatic heterocycles. The van der Waals surface area contributed by atoms with Crippen LogP contribution >= 0.6 is 0 Å². The number of hydrogen-bond donors (Lipinski definition) is 0. The normalized spacial score (nSPS) is 11.0. The van der Waals surface area contributed by atoms with E-state index < -0.39 is 0 Å². The Morgan fingerprint density at radius 2 is 1.50 bits per heavy atom. The smallest absolute Gasteiger partial charge is 0.0675 e. The molecule has 112 valence electrons. The standard InChI is InChI=1S/C17H24N2.Pd/c1-11(2)17-16(14(6)18-19(17)12(3)4)15-9-7-13(5)8-10-15;/h7-12H,1-6H3;. The van der Waals surface area contributed by atoms with E-state index >= 15 is 0 Å². The van der Waals surface area contributed by atoms with Crippen LogP contribution in [0.25, 0.3) is 11.1 Å². The number of hydrogen-bond acceptors (Lipinski definition) is 1. The third-order valence-electron chi connectivity index (χ3n) is 3.50. The van der Waals surface area contributed by atoms with Crippen molar-refractivity contribution in [3.8, 4) is 11.1 Å². The fourth-order valence-corrected chi connectivity index (χ4v) is 2.59. The van der Waals surface area contributed by atoms with E-state index in [-0.39, 0.29) is 20.4 Å². The van der Waals surface area contributed by atoms with E-state index in [1.807, 2.05) is 0 Å². The van der Waals surface area contributed by atoms with E-state index in [9.17, 15) is 0 Å². The van der Waals surface area contributed by atoms with Gasteiger partial charge >= 0.3 is 0 Å². The Labute approximate surface area is 136 Å². The van der Waals surface area contributed by atoms with E-state index in [2.05, 4.69) is 70.5 Å². The van der Waals surface area contributed by atoms with Crippen LogP contribution in [0.1, 0.15) is 56.6 Å². The van der Waals surface area contributed by atoms with Crippen LogP contribution in [0.2, 0.25) is 0 Å². The van der Waals surface area contributed by atoms with Crippen molar-refractivity contribution in [2.24, 2.45) is 0 Å². The maximum atomic E-state index is 4.75. The van der Waals surface area contributed by atoms with Gasteiger partial charge in [-0.2, -0.15) is 5.10 Å². The minimum atomic E-state index is 0. The summed E-state index contributed by atoms with van der Waals surface area (Å²) in [5.74, 6) is 0.472. The zero-order valence-corrected chi connectivity index (χ0v) is 14.7. The van der Waals surface area contributed by atoms with Crippen LogP contribution in [-0.4, -0.2) is 9.78 Å². The summed E-state index contributed by atoms with van der Waals surface area (Å²) in [6.07, 6.45) is 0. The fourth-order valence-electron chi connectivity index (χ4n) is 2.59. The van der Waals surface area contributed by atoms with Crippen LogP contribution in [-0.2, 0) is 20.4 Å². The largest absolute Gasteiger partial charge is 0.266 e. The molecule has 0 aliphatic heterocycles. The minimum Gasteiger partial charge on any atom is -0.266 e. The van der Waals surface area contributed by atoms with Crippen LogP contribution in [0.5, 0.6) is 0 Å². The van der Waals surface area contributed by atoms with Crippen LogP contribution in [0, 0.1) is 13.8 Å². The van der Waals surface area contributed by atoms with Gasteiger partial charge in [0.2, 0.25) is 0 Å². The van der Waals surface area contributed by atoms with E-state index in [0.717, 1.165) is 5.69 Å². The molecule has 2 nitrogen and oxygen atoms in total. The Balaban J connectivity index is 0.00000200. The predicted octanol–water partition coefficient (Wildman–Crippen LogP) is 4.87. The van der Waals surface area contributed by atoms with Gasteiger partial charge in [0.25, 0.3) is 0 Å². The first-order valence-corrected chi connectivity index (χ1v) is 7.07. The summed E-state index contributed by atoms with van der Waals surface area (Å²) in [6, 6.07) is 9.15. The van der Waals surface area contributed by atoms with Gasteiger partial charge in [-0.15, -0.1) is 0 Å². The Morgan fingerprint density at radius 1 is 0.950 bits per heavy atom. The predicted molar refractivity (Wildman–Crippen MR) is 81.6 cm³/mol. The van der Waals surface area contributed by atoms with Crippen LogP contribution in [0.15, 0.2) is 24.3 Å². The zero-order chi connectivity index (χ0) is 14.2. The Bertz CT molecular complexity index is 565. The minimum absolute atomic E-state index is 0. The van der Waals surface area contributed by atoms with Crippen LogP contribution in [0.3, 0.4) is 0 Å². The molecule has 0 atom stereocenters. The van der Waals surface area contributed by atoms with Gasteiger partial charge in [0.15, 0.2) is 0 Å². The molecule has 0 saturated carbocycles. The first kappa shape index (κ1) is 17.1. The summed E-state index contributed by atoms with van der Waals surface area (Å²) in [5, 5.41) is 4.75. The topological polar surface area (TPSA) is 17.8 Å². The van der Waals surface area contributed by atoms with E-state index in [1.54, 1.807) is 0 Å². The monoisotopic (exact) mass is 362 g/mol. The summed E-state index contributed by atoms with van der Waals surface area (Å²) in [6.45, 7) is 13.1. The van der Waals surface area contributed by atoms with E-state index in [0.29, 0.717) is 12.0 Å². The third kappa shape index (κ3) is 3.22. The van der Waals surface area contributed by atoms with Crippen molar-refractivity contribution in [2.45, 2.75) is 53.5 Å². The van der Waals surface area contributed by atoms with Gasteiger partial charge in [-0.3, -0.25) is 4.68 Å². The molecule has 20 heavy (non-hydrogen) atoms. The maximum absolute atomic E-state index is 4.75. The van der Waals surface area contributed by atoms with Crippen molar-refractivity contribution in [1.82, 2.24) is 9.78 Å². The van der Waals surface area contributed by atoms with Gasteiger partial charge in [0.05, 0.1) is 5.69 Å². The van der Waals surface area contributed by atoms with Crippen molar-refractivity contribution < 1.29 is 20.4 Å². The Morgan fingerprint density at radius 3 is 1.95 bits per heavy atom. The molecule has 1 heterocycles. The molecule has 0 saturated heterocycles. The molecule has 0 fully saturated rings. The average molecular weight is 363 g/mol. The van der Waals surface area contributed by atoms with Gasteiger partial charge in [0.1, 0.15) is 0 Å². The van der Waals surface area contributed by atoms with Crippen LogP contribution < -0.4 is 0 Å². The molecule has 2 rings (SSSR count). The molecule has 0 N–H and O–H groups in total. The van der Waals surface area contributed by atoms with Crippen molar-refractivity contribution >= 4 is 0 Å². The molecule has 0 unspecified atom stereocenters. The number of aromatic nitrogens is 2. The van der Waals surface area contributed by atoms with Gasteiger partial charge in [-0.05, 0) is 39.2 Å². The molecule has 0 aliphatic carbocycles. The average Bonchev–Trinajstić information content (AvgIpc) is 2.68. The molecule has 1 aromatic carbocycles. The van der Waals surface area contributed by atoms with Gasteiger partial charge in [0, 0.05) is 37.7 Å². The zero-order valence-electron chi connectivity index (χ0n) is 13.2. The molecule has 0 aliphatic rings. The number of nitrogens with zero attached hydrogens (tertiary/aromatic N) is 2. The summed E-state index contributed by atoms with van der Waals surface area (Å²) in [7, 11) is 0. The summed E-state index contributed by atoms with van der Waals surface area (Å²) >= 11 is 0. The maximum Gasteiger partial charge on any atom is 0.0675 e. The van der Waals surface area contributed by atoms with Gasteiger partial charge in [-0.1, -0.05) is 43.7 Å². The SMILES string of the molecule is Cc1ccc(-c2c(C)nn(C(C)C)c2C(C)C)cc1.[Pd]. The second kappa shape index (κ2) is 6.70. The molecule has 0 bridgehead atoms. The van der Waals surface area contributed by atoms with Gasteiger partial charge in [-0.25, -0.2) is 0 Å². The molecular weight excluding hydrogens is 339 g/mol. The van der Waals surface area contributed by atoms with Crippen molar-refractivity contribution in [3.63, 3.8) is 0 Å². The van der Waals surface area contributed by atoms with Gasteiger partial charge < -0.3 is 0 Å². The fraction of sp³-hybridized carbons (Fsp3) is 0.471. The summed E-state index contributed by atoms with van der Waals surface area (Å²) in [5.41, 5.74) is 6.35. The quantitative estimate of drug-likeness (QED) is 0.712. The first-order chi connectivity index (χ1) is 8.91. The number of rotatable bonds is 3. The summed E-state index contributed by atoms with van der Waals surface area (Å²) in [4.78, 5) is 0. The molecular formula is C17H24N2Pd.